The molecule has 1 N–H and O–H groups in total. The van der Waals surface area contributed by atoms with Crippen LogP contribution in [0.25, 0.3) is 0 Å². The molecule has 0 bridgehead atoms. The second kappa shape index (κ2) is 33.1. The van der Waals surface area contributed by atoms with Crippen molar-refractivity contribution in [1.29, 1.82) is 0 Å². The predicted molar refractivity (Wildman–Crippen MR) is 350 cm³/mol. The number of thioether (sulfide) groups is 2. The van der Waals surface area contributed by atoms with E-state index in [9.17, 15) is 73.4 Å². The number of thiocarbonyl (C=S) groups is 1. The fourth-order valence-electron chi connectivity index (χ4n) is 9.59. The Bertz CT molecular complexity index is 3280. The van der Waals surface area contributed by atoms with Crippen LogP contribution in [0.1, 0.15) is 65.3 Å². The quantitative estimate of drug-likeness (QED) is 0.117. The van der Waals surface area contributed by atoms with Crippen LogP contribution in [0.15, 0.2) is 76.2 Å². The van der Waals surface area contributed by atoms with Crippen molar-refractivity contribution >= 4 is 139 Å². The summed E-state index contributed by atoms with van der Waals surface area (Å²) in [6.07, 6.45) is -11.7. The van der Waals surface area contributed by atoms with Gasteiger partial charge in [0.05, 0.1) is 8.95 Å². The van der Waals surface area contributed by atoms with Gasteiger partial charge in [-0.15, -0.1) is 0 Å². The van der Waals surface area contributed by atoms with Gasteiger partial charge in [-0.1, -0.05) is 24.3 Å². The smallest absolute Gasteiger partial charge is 0.471 e. The molecule has 8 rings (SSSR count). The highest BCUT2D eigenvalue weighted by molar-refractivity contribution is 9.11. The predicted octanol–water partition coefficient (Wildman–Crippen LogP) is 14.1. The highest BCUT2D eigenvalue weighted by Crippen LogP contribution is 2.40. The topological polar surface area (TPSA) is 164 Å². The Kier molecular flexibility index (Phi) is 27.9. The van der Waals surface area contributed by atoms with E-state index in [-0.39, 0.29) is 86.0 Å². The van der Waals surface area contributed by atoms with Crippen molar-refractivity contribution in [3.05, 3.63) is 111 Å². The molecule has 4 aromatic rings. The Morgan fingerprint density at radius 1 is 0.457 bits per heavy atom. The number of nitrogens with zero attached hydrogens (tertiary/aromatic N) is 7. The standard InChI is InChI=1S/C18H25BrN2O3S.2C15H16BrF3N2O2S.C12H11BrF3NO2/c1-18(2,3)24-16(22)21-10-8-12-6-7-14(19)15(13(12)9-11-21)25-17(23)20(4)5;1-20(2)14(23)24-12-10-6-8-21(13(22)15(17,18)19)7-5-9(10)3-4-11(12)16;1-20(2)14(24)23-12-10-6-8-21(13(22)15(17,18)19)7-5-9(10)3-4-11(12)16;13-9-2-1-7-3-5-17(11(19)12(14,15)16)6-4-8(7)10(9)18/h6-7H,8-11H2,1-5H3;2*3-4H,5-8H2,1-2H3;1-2,18H,3-6H2. The fourth-order valence-corrected chi connectivity index (χ4v) is 13.5. The zero-order valence-corrected chi connectivity index (χ0v) is 60.2. The molecule has 32 heteroatoms. The summed E-state index contributed by atoms with van der Waals surface area (Å²) in [7, 11) is 10.2. The van der Waals surface area contributed by atoms with Gasteiger partial charge in [0.15, 0.2) is 0 Å². The van der Waals surface area contributed by atoms with Crippen molar-refractivity contribution in [2.24, 2.45) is 0 Å². The lowest BCUT2D eigenvalue weighted by Crippen LogP contribution is -2.42. The first kappa shape index (κ1) is 77.7. The summed E-state index contributed by atoms with van der Waals surface area (Å²) >= 11 is 20.9. The number of aromatic hydroxyl groups is 1. The summed E-state index contributed by atoms with van der Waals surface area (Å²) < 4.78 is 127. The summed E-state index contributed by atoms with van der Waals surface area (Å²) in [5.41, 5.74) is 6.51. The molecule has 0 fully saturated rings. The number of amides is 6. The lowest BCUT2D eigenvalue weighted by molar-refractivity contribution is -0.185. The number of phenolic OH excluding ortho intramolecular Hbond substituents is 1. The number of hydrogen-bond donors (Lipinski definition) is 1. The first-order valence-corrected chi connectivity index (χ1v) is 33.5. The molecule has 0 aromatic heterocycles. The van der Waals surface area contributed by atoms with Crippen molar-refractivity contribution in [1.82, 2.24) is 34.3 Å². The molecule has 0 aliphatic carbocycles. The number of phenols is 1. The molecule has 0 saturated carbocycles. The van der Waals surface area contributed by atoms with Crippen molar-refractivity contribution in [3.63, 3.8) is 0 Å². The molecule has 506 valence electrons. The van der Waals surface area contributed by atoms with Crippen molar-refractivity contribution in [3.8, 4) is 11.5 Å². The van der Waals surface area contributed by atoms with E-state index in [4.69, 9.17) is 21.7 Å². The Morgan fingerprint density at radius 2 is 0.761 bits per heavy atom. The molecule has 16 nitrogen and oxygen atoms in total. The maximum atomic E-state index is 12.7. The summed E-state index contributed by atoms with van der Waals surface area (Å²) in [4.78, 5) is 81.1. The molecular formula is C60H68Br4F9N7O9S3. The molecule has 0 radical (unpaired) electrons. The van der Waals surface area contributed by atoms with E-state index in [2.05, 4.69) is 69.8 Å². The number of carbonyl (C=O) groups is 6. The number of fused-ring (bicyclic) bond motifs is 4. The molecule has 0 unspecified atom stereocenters. The van der Waals surface area contributed by atoms with Crippen LogP contribution < -0.4 is 4.74 Å². The van der Waals surface area contributed by atoms with Crippen LogP contribution in [-0.4, -0.2) is 198 Å². The summed E-state index contributed by atoms with van der Waals surface area (Å²) in [6.45, 7) is 6.77. The number of halogens is 13. The zero-order valence-electron chi connectivity index (χ0n) is 51.4. The third-order valence-corrected chi connectivity index (χ3v) is 20.3. The highest BCUT2D eigenvalue weighted by atomic mass is 79.9. The number of alkyl halides is 9. The molecule has 4 aliphatic rings. The minimum absolute atomic E-state index is 0.00636. The average Bonchev–Trinajstić information content (AvgIpc) is 1.45. The fraction of sp³-hybridized carbons (Fsp3) is 0.483. The number of carbonyl (C=O) groups excluding carboxylic acids is 6. The molecule has 0 atom stereocenters. The van der Waals surface area contributed by atoms with Crippen LogP contribution >= 0.6 is 99.5 Å². The van der Waals surface area contributed by atoms with Crippen LogP contribution in [0.4, 0.5) is 53.9 Å². The Labute approximate surface area is 575 Å². The summed E-state index contributed by atoms with van der Waals surface area (Å²) in [5.74, 6) is -4.90. The molecule has 0 saturated heterocycles. The molecule has 4 aliphatic heterocycles. The highest BCUT2D eigenvalue weighted by Gasteiger charge is 2.45. The van der Waals surface area contributed by atoms with Gasteiger partial charge < -0.3 is 48.9 Å². The first-order chi connectivity index (χ1) is 42.6. The van der Waals surface area contributed by atoms with Crippen molar-refractivity contribution < 1.29 is 82.9 Å². The van der Waals surface area contributed by atoms with E-state index in [1.165, 1.54) is 22.2 Å². The van der Waals surface area contributed by atoms with E-state index in [1.807, 2.05) is 39.0 Å². The molecule has 92 heavy (non-hydrogen) atoms. The summed E-state index contributed by atoms with van der Waals surface area (Å²) in [6, 6.07) is 14.7. The Balaban J connectivity index is 0.000000224. The molecule has 4 heterocycles. The lowest BCUT2D eigenvalue weighted by atomic mass is 10.0. The van der Waals surface area contributed by atoms with Crippen LogP contribution in [0.3, 0.4) is 0 Å². The normalized spacial score (nSPS) is 14.9. The minimum atomic E-state index is -4.87. The monoisotopic (exact) mass is 1610 g/mol. The van der Waals surface area contributed by atoms with E-state index < -0.39 is 41.9 Å². The van der Waals surface area contributed by atoms with E-state index in [0.29, 0.717) is 63.9 Å². The number of ether oxygens (including phenoxy) is 2. The maximum Gasteiger partial charge on any atom is 0.471 e. The second-order valence-electron chi connectivity index (χ2n) is 22.7. The third kappa shape index (κ3) is 21.8. The molecular weight excluding hydrogens is 1550 g/mol. The van der Waals surface area contributed by atoms with Crippen LogP contribution in [0.5, 0.6) is 11.5 Å². The summed E-state index contributed by atoms with van der Waals surface area (Å²) in [5, 5.41) is 9.95. The second-order valence-corrected chi connectivity index (χ2v) is 28.4. The zero-order chi connectivity index (χ0) is 69.1. The van der Waals surface area contributed by atoms with Crippen LogP contribution in [-0.2, 0) is 70.5 Å². The van der Waals surface area contributed by atoms with Crippen LogP contribution in [0.2, 0.25) is 0 Å². The number of benzene rings is 4. The van der Waals surface area contributed by atoms with Gasteiger partial charge in [-0.05, 0) is 229 Å². The van der Waals surface area contributed by atoms with Gasteiger partial charge in [-0.2, -0.15) is 39.5 Å². The van der Waals surface area contributed by atoms with Gasteiger partial charge in [0.25, 0.3) is 15.7 Å². The van der Waals surface area contributed by atoms with Crippen LogP contribution in [0, 0.1) is 0 Å². The molecule has 4 aromatic carbocycles. The first-order valence-electron chi connectivity index (χ1n) is 28.2. The van der Waals surface area contributed by atoms with Gasteiger partial charge in [-0.25, -0.2) is 4.79 Å². The average molecular weight is 1620 g/mol. The number of rotatable bonds is 3. The Morgan fingerprint density at radius 3 is 1.12 bits per heavy atom. The minimum Gasteiger partial charge on any atom is -0.506 e. The van der Waals surface area contributed by atoms with Gasteiger partial charge in [0.1, 0.15) is 17.1 Å². The van der Waals surface area contributed by atoms with E-state index in [1.54, 1.807) is 81.3 Å². The van der Waals surface area contributed by atoms with Gasteiger partial charge in [-0.3, -0.25) is 24.0 Å². The van der Waals surface area contributed by atoms with Crippen molar-refractivity contribution in [2.45, 2.75) is 106 Å². The van der Waals surface area contributed by atoms with Gasteiger partial charge in [0, 0.05) is 125 Å². The largest absolute Gasteiger partial charge is 0.506 e. The number of hydrogen-bond acceptors (Lipinski definition) is 12. The lowest BCUT2D eigenvalue weighted by Gasteiger charge is -2.26. The van der Waals surface area contributed by atoms with E-state index in [0.717, 1.165) is 80.1 Å². The van der Waals surface area contributed by atoms with Crippen molar-refractivity contribution in [2.75, 3.05) is 94.6 Å². The van der Waals surface area contributed by atoms with E-state index >= 15 is 0 Å². The SMILES string of the molecule is CN(C)C(=O)Sc1c(Br)ccc2c1CCN(C(=O)C(F)(F)F)CC2.CN(C)C(=O)Sc1c(Br)ccc2c1CCN(C(=O)OC(C)(C)C)CC2.CN(C)C(=S)Oc1c(Br)ccc2c1CCN(C(=O)C(F)(F)F)CC2.O=C(N1CCc2ccc(Br)c(O)c2CC1)C(F)(F)F. The molecule has 6 amide bonds. The van der Waals surface area contributed by atoms with Gasteiger partial charge >= 0.3 is 42.3 Å². The van der Waals surface area contributed by atoms with Gasteiger partial charge in [0.2, 0.25) is 0 Å². The Hall–Kier alpha value is -5.02. The maximum absolute atomic E-state index is 12.7. The molecule has 0 spiro atoms. The third-order valence-electron chi connectivity index (χ3n) is 14.3.